The van der Waals surface area contributed by atoms with Crippen molar-refractivity contribution in [1.29, 1.82) is 0 Å². The van der Waals surface area contributed by atoms with Gasteiger partial charge >= 0.3 is 0 Å². The van der Waals surface area contributed by atoms with Gasteiger partial charge in [0.1, 0.15) is 15.1 Å². The van der Waals surface area contributed by atoms with Crippen LogP contribution < -0.4 is 0 Å². The zero-order chi connectivity index (χ0) is 10.0. The number of nitrogens with zero attached hydrogens (tertiary/aromatic N) is 1. The van der Waals surface area contributed by atoms with Gasteiger partial charge in [-0.3, -0.25) is 4.79 Å². The first kappa shape index (κ1) is 10.3. The summed E-state index contributed by atoms with van der Waals surface area (Å²) in [4.78, 5) is 13.7. The zero-order valence-corrected chi connectivity index (χ0v) is 8.33. The summed E-state index contributed by atoms with van der Waals surface area (Å²) in [7, 11) is 0. The number of pyridine rings is 1. The molecule has 0 aliphatic rings. The molecule has 0 amide bonds. The molecule has 70 valence electrons. The topological polar surface area (TPSA) is 50.2 Å². The molecule has 0 aliphatic heterocycles. The first-order chi connectivity index (χ1) is 6.06. The van der Waals surface area contributed by atoms with E-state index in [1.165, 1.54) is 0 Å². The van der Waals surface area contributed by atoms with Crippen molar-refractivity contribution in [1.82, 2.24) is 4.98 Å². The van der Waals surface area contributed by atoms with E-state index in [2.05, 4.69) is 4.98 Å². The SMILES string of the molecule is O=Cc1cc(O)c(C(F)F)nc1I. The van der Waals surface area contributed by atoms with E-state index in [1.807, 2.05) is 0 Å². The number of aromatic nitrogens is 1. The van der Waals surface area contributed by atoms with Crippen LogP contribution in [-0.4, -0.2) is 16.4 Å². The van der Waals surface area contributed by atoms with Crippen molar-refractivity contribution in [3.8, 4) is 5.75 Å². The van der Waals surface area contributed by atoms with Crippen LogP contribution in [0.15, 0.2) is 6.07 Å². The highest BCUT2D eigenvalue weighted by molar-refractivity contribution is 14.1. The Labute approximate surface area is 85.9 Å². The lowest BCUT2D eigenvalue weighted by Gasteiger charge is -2.04. The Morgan fingerprint density at radius 2 is 2.23 bits per heavy atom. The van der Waals surface area contributed by atoms with E-state index >= 15 is 0 Å². The Balaban J connectivity index is 3.28. The summed E-state index contributed by atoms with van der Waals surface area (Å²) in [6, 6.07) is 0.975. The summed E-state index contributed by atoms with van der Waals surface area (Å²) >= 11 is 1.65. The number of alkyl halides is 2. The van der Waals surface area contributed by atoms with Crippen molar-refractivity contribution in [3.05, 3.63) is 21.0 Å². The largest absolute Gasteiger partial charge is 0.506 e. The van der Waals surface area contributed by atoms with E-state index in [0.717, 1.165) is 6.07 Å². The van der Waals surface area contributed by atoms with Crippen molar-refractivity contribution in [2.24, 2.45) is 0 Å². The lowest BCUT2D eigenvalue weighted by atomic mass is 10.2. The molecular formula is C7H4F2INO2. The molecule has 3 nitrogen and oxygen atoms in total. The second kappa shape index (κ2) is 3.95. The summed E-state index contributed by atoms with van der Waals surface area (Å²) in [5.41, 5.74) is -0.600. The molecule has 0 radical (unpaired) electrons. The van der Waals surface area contributed by atoms with Crippen LogP contribution in [0.1, 0.15) is 22.5 Å². The maximum atomic E-state index is 12.1. The van der Waals surface area contributed by atoms with Gasteiger partial charge in [0.25, 0.3) is 6.43 Å². The number of carbonyl (C=O) groups is 1. The first-order valence-corrected chi connectivity index (χ1v) is 4.27. The van der Waals surface area contributed by atoms with E-state index in [-0.39, 0.29) is 9.26 Å². The zero-order valence-electron chi connectivity index (χ0n) is 6.17. The van der Waals surface area contributed by atoms with Gasteiger partial charge in [-0.05, 0) is 28.7 Å². The Hall–Kier alpha value is -0.790. The van der Waals surface area contributed by atoms with Gasteiger partial charge in [0.2, 0.25) is 0 Å². The van der Waals surface area contributed by atoms with Crippen LogP contribution in [0.3, 0.4) is 0 Å². The summed E-state index contributed by atoms with van der Waals surface area (Å²) in [6.07, 6.45) is -2.39. The molecular weight excluding hydrogens is 295 g/mol. The van der Waals surface area contributed by atoms with Gasteiger partial charge < -0.3 is 5.11 Å². The maximum Gasteiger partial charge on any atom is 0.284 e. The van der Waals surface area contributed by atoms with Gasteiger partial charge in [-0.15, -0.1) is 0 Å². The Morgan fingerprint density at radius 3 is 2.69 bits per heavy atom. The predicted molar refractivity (Wildman–Crippen MR) is 49.0 cm³/mol. The average Bonchev–Trinajstić information content (AvgIpc) is 2.07. The van der Waals surface area contributed by atoms with Crippen LogP contribution in [0.25, 0.3) is 0 Å². The Kier molecular flexibility index (Phi) is 3.12. The van der Waals surface area contributed by atoms with Gasteiger partial charge in [0.15, 0.2) is 6.29 Å². The van der Waals surface area contributed by atoms with Crippen LogP contribution in [0, 0.1) is 3.70 Å². The highest BCUT2D eigenvalue weighted by Crippen LogP contribution is 2.27. The summed E-state index contributed by atoms with van der Waals surface area (Å²) in [6.45, 7) is 0. The molecule has 1 aromatic heterocycles. The second-order valence-electron chi connectivity index (χ2n) is 2.19. The number of hydrogen-bond acceptors (Lipinski definition) is 3. The number of aldehydes is 1. The molecule has 0 unspecified atom stereocenters. The standard InChI is InChI=1S/C7H4F2INO2/c8-6(9)5-4(13)1-3(2-12)7(10)11-5/h1-2,6,13H. The molecule has 0 fully saturated rings. The van der Waals surface area contributed by atoms with Crippen molar-refractivity contribution in [2.75, 3.05) is 0 Å². The highest BCUT2D eigenvalue weighted by atomic mass is 127. The second-order valence-corrected chi connectivity index (χ2v) is 3.21. The van der Waals surface area contributed by atoms with Gasteiger partial charge in [-0.25, -0.2) is 13.8 Å². The third kappa shape index (κ3) is 2.11. The Morgan fingerprint density at radius 1 is 1.62 bits per heavy atom. The third-order valence-electron chi connectivity index (χ3n) is 1.35. The van der Waals surface area contributed by atoms with Crippen LogP contribution >= 0.6 is 22.6 Å². The molecule has 1 aromatic rings. The molecule has 13 heavy (non-hydrogen) atoms. The molecule has 1 N–H and O–H groups in total. The van der Waals surface area contributed by atoms with E-state index in [1.54, 1.807) is 22.6 Å². The van der Waals surface area contributed by atoms with Crippen LogP contribution in [0.5, 0.6) is 5.75 Å². The van der Waals surface area contributed by atoms with Crippen molar-refractivity contribution >= 4 is 28.9 Å². The smallest absolute Gasteiger partial charge is 0.284 e. The van der Waals surface area contributed by atoms with E-state index in [4.69, 9.17) is 5.11 Å². The van der Waals surface area contributed by atoms with Gasteiger partial charge in [0, 0.05) is 5.56 Å². The minimum absolute atomic E-state index is 0.0995. The third-order valence-corrected chi connectivity index (χ3v) is 2.21. The Bertz CT molecular complexity index is 344. The summed E-state index contributed by atoms with van der Waals surface area (Å²) in [5.74, 6) is -0.655. The average molecular weight is 299 g/mol. The van der Waals surface area contributed by atoms with Gasteiger partial charge in [-0.1, -0.05) is 0 Å². The number of halogens is 3. The number of rotatable bonds is 2. The number of hydrogen-bond donors (Lipinski definition) is 1. The monoisotopic (exact) mass is 299 g/mol. The minimum Gasteiger partial charge on any atom is -0.506 e. The van der Waals surface area contributed by atoms with Crippen LogP contribution in [0.2, 0.25) is 0 Å². The maximum absolute atomic E-state index is 12.1. The highest BCUT2D eigenvalue weighted by Gasteiger charge is 2.17. The molecule has 0 atom stereocenters. The molecule has 0 aromatic carbocycles. The predicted octanol–water partition coefficient (Wildman–Crippen LogP) is 2.14. The van der Waals surface area contributed by atoms with Crippen molar-refractivity contribution in [3.63, 3.8) is 0 Å². The number of carbonyl (C=O) groups excluding carboxylic acids is 1. The van der Waals surface area contributed by atoms with Crippen molar-refractivity contribution in [2.45, 2.75) is 6.43 Å². The lowest BCUT2D eigenvalue weighted by molar-refractivity contribution is 0.111. The molecule has 6 heteroatoms. The summed E-state index contributed by atoms with van der Waals surface area (Å²) < 4.78 is 24.4. The van der Waals surface area contributed by atoms with E-state index in [9.17, 15) is 13.6 Å². The number of aromatic hydroxyl groups is 1. The minimum atomic E-state index is -2.84. The molecule has 1 rings (SSSR count). The van der Waals surface area contributed by atoms with Crippen molar-refractivity contribution < 1.29 is 18.7 Å². The molecule has 1 heterocycles. The molecule has 0 bridgehead atoms. The fourth-order valence-electron chi connectivity index (χ4n) is 0.752. The van der Waals surface area contributed by atoms with Crippen LogP contribution in [0.4, 0.5) is 8.78 Å². The quantitative estimate of drug-likeness (QED) is 0.517. The fourth-order valence-corrected chi connectivity index (χ4v) is 1.29. The first-order valence-electron chi connectivity index (χ1n) is 3.19. The van der Waals surface area contributed by atoms with Crippen LogP contribution in [-0.2, 0) is 0 Å². The molecule has 0 saturated carbocycles. The van der Waals surface area contributed by atoms with E-state index in [0.29, 0.717) is 6.29 Å². The van der Waals surface area contributed by atoms with Gasteiger partial charge in [-0.2, -0.15) is 0 Å². The van der Waals surface area contributed by atoms with E-state index < -0.39 is 17.9 Å². The fraction of sp³-hybridized carbons (Fsp3) is 0.143. The molecule has 0 saturated heterocycles. The molecule has 0 aliphatic carbocycles. The summed E-state index contributed by atoms with van der Waals surface area (Å²) in [5, 5.41) is 9.01. The molecule has 0 spiro atoms. The van der Waals surface area contributed by atoms with Gasteiger partial charge in [0.05, 0.1) is 0 Å². The normalized spacial score (nSPS) is 10.5. The lowest BCUT2D eigenvalue weighted by Crippen LogP contribution is -1.97.